The maximum absolute atomic E-state index is 12.5. The van der Waals surface area contributed by atoms with Crippen LogP contribution in [0.1, 0.15) is 42.2 Å². The van der Waals surface area contributed by atoms with Gasteiger partial charge in [-0.3, -0.25) is 4.79 Å². The van der Waals surface area contributed by atoms with Gasteiger partial charge < -0.3 is 20.4 Å². The number of carboxylic acid groups (broad SMARTS) is 1. The Morgan fingerprint density at radius 2 is 2.17 bits per heavy atom. The average Bonchev–Trinajstić information content (AvgIpc) is 3.01. The molecule has 0 saturated carbocycles. The van der Waals surface area contributed by atoms with Gasteiger partial charge in [-0.25, -0.2) is 9.78 Å². The Hall–Kier alpha value is -1.51. The quantitative estimate of drug-likeness (QED) is 0.551. The molecule has 1 heterocycles. The molecule has 0 saturated heterocycles. The molecule has 130 valence electrons. The van der Waals surface area contributed by atoms with Gasteiger partial charge in [-0.15, -0.1) is 11.3 Å². The largest absolute Gasteiger partial charge is 0.476 e. The summed E-state index contributed by atoms with van der Waals surface area (Å²) in [5, 5.41) is 23.5. The van der Waals surface area contributed by atoms with Gasteiger partial charge in [0.25, 0.3) is 0 Å². The van der Waals surface area contributed by atoms with Gasteiger partial charge in [0, 0.05) is 18.3 Å². The summed E-state index contributed by atoms with van der Waals surface area (Å²) in [6, 6.07) is -0.314. The van der Waals surface area contributed by atoms with E-state index in [-0.39, 0.29) is 30.3 Å². The second kappa shape index (κ2) is 9.59. The van der Waals surface area contributed by atoms with Crippen LogP contribution in [0.2, 0.25) is 0 Å². The van der Waals surface area contributed by atoms with Crippen LogP contribution in [0, 0.1) is 5.92 Å². The zero-order valence-electron chi connectivity index (χ0n) is 13.8. The summed E-state index contributed by atoms with van der Waals surface area (Å²) < 4.78 is 0. The number of aliphatic hydroxyl groups excluding tert-OH is 1. The molecule has 1 aromatic heterocycles. The highest BCUT2D eigenvalue weighted by atomic mass is 32.1. The molecular formula is C15H25N3O4S. The number of carbonyl (C=O) groups excluding carboxylic acids is 1. The van der Waals surface area contributed by atoms with E-state index in [9.17, 15) is 14.7 Å². The number of rotatable bonds is 10. The van der Waals surface area contributed by atoms with Crippen molar-refractivity contribution in [1.82, 2.24) is 15.2 Å². The molecule has 0 bridgehead atoms. The van der Waals surface area contributed by atoms with Crippen molar-refractivity contribution in [3.05, 3.63) is 16.1 Å². The first-order chi connectivity index (χ1) is 10.9. The zero-order valence-corrected chi connectivity index (χ0v) is 14.6. The van der Waals surface area contributed by atoms with Crippen LogP contribution in [0.25, 0.3) is 0 Å². The van der Waals surface area contributed by atoms with E-state index in [0.29, 0.717) is 19.4 Å². The van der Waals surface area contributed by atoms with Crippen molar-refractivity contribution in [3.63, 3.8) is 0 Å². The van der Waals surface area contributed by atoms with E-state index in [1.165, 1.54) is 21.6 Å². The average molecular weight is 343 g/mol. The second-order valence-corrected chi connectivity index (χ2v) is 6.37. The molecule has 0 aliphatic rings. The molecule has 1 rings (SSSR count). The number of carbonyl (C=O) groups is 2. The van der Waals surface area contributed by atoms with Gasteiger partial charge in [0.1, 0.15) is 6.73 Å². The van der Waals surface area contributed by atoms with Crippen molar-refractivity contribution >= 4 is 23.2 Å². The number of thiazole rings is 1. The molecule has 0 radical (unpaired) electrons. The van der Waals surface area contributed by atoms with Crippen molar-refractivity contribution < 1.29 is 19.8 Å². The highest BCUT2D eigenvalue weighted by Gasteiger charge is 2.26. The third-order valence-corrected chi connectivity index (χ3v) is 4.77. The summed E-state index contributed by atoms with van der Waals surface area (Å²) in [5.74, 6) is -0.974. The topological polar surface area (TPSA) is 103 Å². The van der Waals surface area contributed by atoms with Gasteiger partial charge in [0.05, 0.1) is 11.0 Å². The molecule has 0 fully saturated rings. The lowest BCUT2D eigenvalue weighted by Gasteiger charge is -2.28. The van der Waals surface area contributed by atoms with Crippen LogP contribution in [-0.4, -0.2) is 58.3 Å². The van der Waals surface area contributed by atoms with Gasteiger partial charge in [-0.2, -0.15) is 0 Å². The Labute approximate surface area is 140 Å². The number of nitrogens with zero attached hydrogens (tertiary/aromatic N) is 2. The minimum absolute atomic E-state index is 0.0482. The number of aliphatic hydroxyl groups is 1. The number of nitrogens with one attached hydrogen (secondary N) is 1. The minimum Gasteiger partial charge on any atom is -0.476 e. The van der Waals surface area contributed by atoms with E-state index in [0.717, 1.165) is 11.4 Å². The van der Waals surface area contributed by atoms with Gasteiger partial charge in [0.2, 0.25) is 5.91 Å². The number of aromatic carboxylic acids is 1. The van der Waals surface area contributed by atoms with Gasteiger partial charge in [0.15, 0.2) is 5.69 Å². The molecule has 8 heteroatoms. The Bertz CT molecular complexity index is 521. The van der Waals surface area contributed by atoms with Crippen molar-refractivity contribution in [1.29, 1.82) is 0 Å². The fourth-order valence-corrected chi connectivity index (χ4v) is 3.09. The highest BCUT2D eigenvalue weighted by molar-refractivity contribution is 7.09. The Balaban J connectivity index is 2.55. The fraction of sp³-hybridized carbons (Fsp3) is 0.667. The predicted molar refractivity (Wildman–Crippen MR) is 88.5 cm³/mol. The van der Waals surface area contributed by atoms with Crippen LogP contribution in [0.3, 0.4) is 0 Å². The van der Waals surface area contributed by atoms with E-state index in [1.807, 2.05) is 13.8 Å². The minimum atomic E-state index is -1.04. The third kappa shape index (κ3) is 5.56. The lowest BCUT2D eigenvalue weighted by Crippen LogP contribution is -2.49. The van der Waals surface area contributed by atoms with Crippen molar-refractivity contribution in [3.8, 4) is 0 Å². The van der Waals surface area contributed by atoms with E-state index in [2.05, 4.69) is 10.3 Å². The van der Waals surface area contributed by atoms with E-state index in [4.69, 9.17) is 5.11 Å². The lowest BCUT2D eigenvalue weighted by atomic mass is 9.98. The Morgan fingerprint density at radius 1 is 1.48 bits per heavy atom. The number of likely N-dealkylation sites (N-methyl/N-ethyl adjacent to an activating group) is 1. The Morgan fingerprint density at radius 3 is 2.65 bits per heavy atom. The van der Waals surface area contributed by atoms with Gasteiger partial charge in [-0.05, 0) is 19.4 Å². The number of aryl methyl sites for hydroxylation is 1. The summed E-state index contributed by atoms with van der Waals surface area (Å²) in [6.07, 6.45) is 2.07. The van der Waals surface area contributed by atoms with Crippen molar-refractivity contribution in [2.45, 2.75) is 39.2 Å². The molecule has 0 aliphatic heterocycles. The van der Waals surface area contributed by atoms with Crippen LogP contribution in [0.15, 0.2) is 5.38 Å². The smallest absolute Gasteiger partial charge is 0.355 e. The first-order valence-corrected chi connectivity index (χ1v) is 8.57. The van der Waals surface area contributed by atoms with Crippen molar-refractivity contribution in [2.24, 2.45) is 5.92 Å². The lowest BCUT2D eigenvalue weighted by molar-refractivity contribution is -0.138. The molecule has 2 atom stereocenters. The van der Waals surface area contributed by atoms with Crippen LogP contribution in [0.5, 0.6) is 0 Å². The van der Waals surface area contributed by atoms with Crippen LogP contribution >= 0.6 is 11.3 Å². The normalized spacial score (nSPS) is 13.6. The molecular weight excluding hydrogens is 318 g/mol. The molecule has 0 spiro atoms. The van der Waals surface area contributed by atoms with Gasteiger partial charge in [-0.1, -0.05) is 20.3 Å². The second-order valence-electron chi connectivity index (χ2n) is 5.43. The number of hydrogen-bond donors (Lipinski definition) is 3. The number of carboxylic acids is 1. The molecule has 1 aromatic rings. The van der Waals surface area contributed by atoms with E-state index < -0.39 is 5.97 Å². The maximum atomic E-state index is 12.5. The van der Waals surface area contributed by atoms with Crippen LogP contribution in [0.4, 0.5) is 0 Å². The monoisotopic (exact) mass is 343 g/mol. The summed E-state index contributed by atoms with van der Waals surface area (Å²) in [7, 11) is 1.74. The molecule has 7 nitrogen and oxygen atoms in total. The molecule has 23 heavy (non-hydrogen) atoms. The van der Waals surface area contributed by atoms with Crippen LogP contribution in [-0.2, 0) is 11.2 Å². The Kier molecular flexibility index (Phi) is 8.15. The summed E-state index contributed by atoms with van der Waals surface area (Å²) in [6.45, 7) is 4.10. The highest BCUT2D eigenvalue weighted by Crippen LogP contribution is 2.14. The molecule has 1 amide bonds. The summed E-state index contributed by atoms with van der Waals surface area (Å²) in [5.41, 5.74) is 0.0482. The van der Waals surface area contributed by atoms with Crippen molar-refractivity contribution in [2.75, 3.05) is 20.3 Å². The number of hydrogen-bond acceptors (Lipinski definition) is 6. The predicted octanol–water partition coefficient (Wildman–Crippen LogP) is 1.19. The molecule has 0 aromatic carbocycles. The van der Waals surface area contributed by atoms with E-state index in [1.54, 1.807) is 7.05 Å². The standard InChI is InChI=1S/C15H25N3O4S/c1-4-10(2)13(16-3)14(20)18(9-19)7-5-6-12-17-11(8-23-12)15(21)22/h8,10,13,16,19H,4-7,9H2,1-3H3,(H,21,22). The SMILES string of the molecule is CCC(C)C(NC)C(=O)N(CO)CCCc1nc(C(=O)O)cs1. The first-order valence-electron chi connectivity index (χ1n) is 7.69. The molecule has 0 aliphatic carbocycles. The summed E-state index contributed by atoms with van der Waals surface area (Å²) in [4.78, 5) is 28.7. The fourth-order valence-electron chi connectivity index (χ4n) is 2.28. The number of aromatic nitrogens is 1. The van der Waals surface area contributed by atoms with Crippen LogP contribution < -0.4 is 5.32 Å². The van der Waals surface area contributed by atoms with E-state index >= 15 is 0 Å². The third-order valence-electron chi connectivity index (χ3n) is 3.86. The van der Waals surface area contributed by atoms with Gasteiger partial charge >= 0.3 is 5.97 Å². The maximum Gasteiger partial charge on any atom is 0.355 e. The molecule has 2 unspecified atom stereocenters. The number of amides is 1. The zero-order chi connectivity index (χ0) is 17.4. The summed E-state index contributed by atoms with van der Waals surface area (Å²) >= 11 is 1.29. The first kappa shape index (κ1) is 19.5. The molecule has 3 N–H and O–H groups in total.